The number of rotatable bonds is 1. The molecule has 0 atom stereocenters. The fourth-order valence-electron chi connectivity index (χ4n) is 0.937. The first-order valence-electron chi connectivity index (χ1n) is 3.38. The Morgan fingerprint density at radius 2 is 1.67 bits per heavy atom. The second-order valence-corrected chi connectivity index (χ2v) is 4.63. The van der Waals surface area contributed by atoms with E-state index >= 15 is 0 Å². The smallest absolute Gasteiger partial charge is 0.576 e. The minimum absolute atomic E-state index is 0. The predicted octanol–water partition coefficient (Wildman–Crippen LogP) is -2.69. The van der Waals surface area contributed by atoms with Crippen molar-refractivity contribution in [3.05, 3.63) is 23.5 Å². The predicted molar refractivity (Wildman–Crippen MR) is 44.8 cm³/mol. The van der Waals surface area contributed by atoms with Crippen LogP contribution in [0.5, 0.6) is 0 Å². The van der Waals surface area contributed by atoms with Crippen LogP contribution in [-0.2, 0) is 9.84 Å². The van der Waals surface area contributed by atoms with Gasteiger partial charge in [0.25, 0.3) is 0 Å². The Balaban J connectivity index is 0.00000196. The van der Waals surface area contributed by atoms with Gasteiger partial charge in [0.2, 0.25) is 0 Å². The van der Waals surface area contributed by atoms with Crippen LogP contribution < -0.4 is 56.8 Å². The molecule has 0 saturated heterocycles. The summed E-state index contributed by atoms with van der Waals surface area (Å²) < 4.78 is 60.3. The van der Waals surface area contributed by atoms with Crippen molar-refractivity contribution in [3.8, 4) is 0 Å². The molecule has 0 fully saturated rings. The molecule has 1 rings (SSSR count). The molecule has 0 aliphatic heterocycles. The van der Waals surface area contributed by atoms with Crippen molar-refractivity contribution in [2.24, 2.45) is 0 Å². The average Bonchev–Trinajstić information content (AvgIpc) is 1.97. The Hall–Kier alpha value is 0.661. The van der Waals surface area contributed by atoms with Gasteiger partial charge in [-0.25, -0.2) is 21.6 Å². The molecule has 0 N–H and O–H groups in total. The first kappa shape index (κ1) is 15.7. The minimum atomic E-state index is -4.15. The molecule has 15 heavy (non-hydrogen) atoms. The molecule has 0 heterocycles. The Morgan fingerprint density at radius 1 is 1.20 bits per heavy atom. The monoisotopic (exact) mass is 259 g/mol. The van der Waals surface area contributed by atoms with Gasteiger partial charge in [-0.2, -0.15) is 0 Å². The number of benzene rings is 1. The molecule has 1 aromatic carbocycles. The average molecular weight is 259 g/mol. The van der Waals surface area contributed by atoms with Gasteiger partial charge < -0.3 is 7.85 Å². The van der Waals surface area contributed by atoms with Crippen LogP contribution in [0, 0.1) is 17.5 Å². The molecule has 0 unspecified atom stereocenters. The topological polar surface area (TPSA) is 34.1 Å². The molecule has 0 bridgehead atoms. The maximum Gasteiger partial charge on any atom is 1.00 e. The van der Waals surface area contributed by atoms with Gasteiger partial charge in [0, 0.05) is 6.26 Å². The van der Waals surface area contributed by atoms with Crippen molar-refractivity contribution in [3.63, 3.8) is 0 Å². The molecule has 0 spiro atoms. The van der Waals surface area contributed by atoms with Gasteiger partial charge in [-0.05, 0) is 0 Å². The van der Waals surface area contributed by atoms with Crippen molar-refractivity contribution in [2.45, 2.75) is 4.90 Å². The van der Waals surface area contributed by atoms with E-state index in [-0.39, 0.29) is 51.4 Å². The van der Waals surface area contributed by atoms with Gasteiger partial charge in [-0.15, -0.1) is 0 Å². The van der Waals surface area contributed by atoms with Crippen LogP contribution in [0.1, 0.15) is 0 Å². The molecule has 75 valence electrons. The zero-order valence-electron chi connectivity index (χ0n) is 8.01. The first-order valence-corrected chi connectivity index (χ1v) is 5.27. The fourth-order valence-corrected chi connectivity index (χ4v) is 1.76. The molecule has 1 aromatic rings. The molecule has 0 aromatic heterocycles. The van der Waals surface area contributed by atoms with Crippen LogP contribution in [0.4, 0.5) is 13.2 Å². The van der Waals surface area contributed by atoms with Gasteiger partial charge >= 0.3 is 51.4 Å². The van der Waals surface area contributed by atoms with Crippen molar-refractivity contribution in [1.82, 2.24) is 0 Å². The standard InChI is InChI=1S/C7H4BF3O2S.K/c1-14(12,13)7-4(9)2-3(8)5(10)6(7)11;/h2H,1H3;/q-1;+1. The van der Waals surface area contributed by atoms with Crippen LogP contribution in [0.2, 0.25) is 0 Å². The Kier molecular flexibility index (Phi) is 5.56. The number of hydrogen-bond donors (Lipinski definition) is 0. The zero-order chi connectivity index (χ0) is 11.1. The van der Waals surface area contributed by atoms with Gasteiger partial charge in [0.1, 0.15) is 16.5 Å². The minimum Gasteiger partial charge on any atom is -0.576 e. The summed E-state index contributed by atoms with van der Waals surface area (Å²) in [5.41, 5.74) is -0.771. The summed E-state index contributed by atoms with van der Waals surface area (Å²) in [5.74, 6) is -4.75. The third kappa shape index (κ3) is 3.31. The summed E-state index contributed by atoms with van der Waals surface area (Å²) >= 11 is 0. The Morgan fingerprint density at radius 3 is 2.07 bits per heavy atom. The molecule has 0 amide bonds. The van der Waals surface area contributed by atoms with E-state index in [1.807, 2.05) is 0 Å². The van der Waals surface area contributed by atoms with E-state index in [1.54, 1.807) is 0 Å². The third-order valence-electron chi connectivity index (χ3n) is 1.52. The van der Waals surface area contributed by atoms with Crippen LogP contribution in [-0.4, -0.2) is 22.5 Å². The second-order valence-electron chi connectivity index (χ2n) is 2.68. The van der Waals surface area contributed by atoms with Crippen molar-refractivity contribution in [1.29, 1.82) is 0 Å². The summed E-state index contributed by atoms with van der Waals surface area (Å²) in [4.78, 5) is -1.30. The summed E-state index contributed by atoms with van der Waals surface area (Å²) in [6.07, 6.45) is 0.574. The summed E-state index contributed by atoms with van der Waals surface area (Å²) in [7, 11) is 0.735. The van der Waals surface area contributed by atoms with Crippen LogP contribution >= 0.6 is 0 Å². The van der Waals surface area contributed by atoms with E-state index in [4.69, 9.17) is 7.85 Å². The Labute approximate surface area is 129 Å². The van der Waals surface area contributed by atoms with Crippen LogP contribution in [0.3, 0.4) is 0 Å². The molecule has 8 heteroatoms. The Bertz CT molecular complexity index is 489. The molecule has 0 aliphatic rings. The van der Waals surface area contributed by atoms with Gasteiger partial charge in [-0.3, -0.25) is 5.46 Å². The van der Waals surface area contributed by atoms with Crippen molar-refractivity contribution in [2.75, 3.05) is 6.26 Å². The van der Waals surface area contributed by atoms with E-state index in [1.165, 1.54) is 0 Å². The SMILES string of the molecule is [B-]c1cc(F)c(S(C)(=O)=O)c(F)c1F.[K+]. The van der Waals surface area contributed by atoms with Crippen LogP contribution in [0.15, 0.2) is 11.0 Å². The molecule has 2 nitrogen and oxygen atoms in total. The van der Waals surface area contributed by atoms with Crippen molar-refractivity contribution < 1.29 is 73.0 Å². The summed E-state index contributed by atoms with van der Waals surface area (Å²) in [6.45, 7) is 0. The number of hydrogen-bond acceptors (Lipinski definition) is 2. The van der Waals surface area contributed by atoms with Gasteiger partial charge in [0.15, 0.2) is 15.7 Å². The summed E-state index contributed by atoms with van der Waals surface area (Å²) in [6, 6.07) is 0.425. The fraction of sp³-hybridized carbons (Fsp3) is 0.143. The second kappa shape index (κ2) is 5.33. The van der Waals surface area contributed by atoms with E-state index in [9.17, 15) is 21.6 Å². The summed E-state index contributed by atoms with van der Waals surface area (Å²) in [5, 5.41) is 0. The van der Waals surface area contributed by atoms with Crippen molar-refractivity contribution >= 4 is 23.1 Å². The molecule has 3 radical (unpaired) electrons. The first-order chi connectivity index (χ1) is 6.25. The quantitative estimate of drug-likeness (QED) is 0.406. The number of halogens is 3. The molecular weight excluding hydrogens is 255 g/mol. The van der Waals surface area contributed by atoms with E-state index < -0.39 is 37.6 Å². The molecular formula is C7H4BF3KO2S. The van der Waals surface area contributed by atoms with E-state index in [0.29, 0.717) is 12.3 Å². The maximum atomic E-state index is 12.9. The number of sulfone groups is 1. The zero-order valence-corrected chi connectivity index (χ0v) is 12.0. The maximum absolute atomic E-state index is 12.9. The van der Waals surface area contributed by atoms with E-state index in [2.05, 4.69) is 0 Å². The molecule has 0 aliphatic carbocycles. The van der Waals surface area contributed by atoms with Gasteiger partial charge in [0.05, 0.1) is 0 Å². The van der Waals surface area contributed by atoms with Crippen LogP contribution in [0.25, 0.3) is 0 Å². The molecule has 0 saturated carbocycles. The normalized spacial score (nSPS) is 11.0. The van der Waals surface area contributed by atoms with E-state index in [0.717, 1.165) is 0 Å². The van der Waals surface area contributed by atoms with Gasteiger partial charge in [-0.1, -0.05) is 6.07 Å². The largest absolute Gasteiger partial charge is 1.00 e. The third-order valence-corrected chi connectivity index (χ3v) is 2.63.